The van der Waals surface area contributed by atoms with Crippen LogP contribution in [0.3, 0.4) is 0 Å². The monoisotopic (exact) mass is 352 g/mol. The Balaban J connectivity index is 2.89. The summed E-state index contributed by atoms with van der Waals surface area (Å²) in [6.45, 7) is 0.441. The summed E-state index contributed by atoms with van der Waals surface area (Å²) in [5, 5.41) is 13.2. The van der Waals surface area contributed by atoms with Crippen LogP contribution in [0.5, 0.6) is 0 Å². The second-order valence-corrected chi connectivity index (χ2v) is 4.30. The molecule has 0 saturated carbocycles. The highest BCUT2D eigenvalue weighted by molar-refractivity contribution is 14.1. The van der Waals surface area contributed by atoms with E-state index in [0.29, 0.717) is 6.54 Å². The van der Waals surface area contributed by atoms with Gasteiger partial charge < -0.3 is 5.32 Å². The molecule has 0 spiro atoms. The third-order valence-corrected chi connectivity index (χ3v) is 2.76. The van der Waals surface area contributed by atoms with E-state index in [-0.39, 0.29) is 5.56 Å². The number of nitrogens with one attached hydrogen (secondary N) is 1. The minimum Gasteiger partial charge on any atom is -0.352 e. The molecule has 0 aromatic heterocycles. The van der Waals surface area contributed by atoms with Gasteiger partial charge in [-0.15, -0.1) is 0 Å². The standard InChI is InChI=1S/C10H10FIN2O3/c11-7-2-3-8(9(6-7)14(16)17)10(15)13-5-1-4-12/h2-3,6H,1,4-5H2,(H,13,15). The Kier molecular flexibility index (Phi) is 5.26. The maximum absolute atomic E-state index is 12.8. The van der Waals surface area contributed by atoms with Gasteiger partial charge in [0.25, 0.3) is 11.6 Å². The van der Waals surface area contributed by atoms with Crippen LogP contribution in [0.4, 0.5) is 10.1 Å². The summed E-state index contributed by atoms with van der Waals surface area (Å²) in [5.74, 6) is -1.29. The normalized spacial score (nSPS) is 10.0. The SMILES string of the molecule is O=C(NCCCI)c1ccc(F)cc1[N+](=O)[O-]. The van der Waals surface area contributed by atoms with Crippen LogP contribution in [0.15, 0.2) is 18.2 Å². The highest BCUT2D eigenvalue weighted by Crippen LogP contribution is 2.19. The number of rotatable bonds is 5. The average Bonchev–Trinajstić information content (AvgIpc) is 2.29. The number of amides is 1. The molecule has 0 heterocycles. The van der Waals surface area contributed by atoms with Crippen molar-refractivity contribution in [3.8, 4) is 0 Å². The second kappa shape index (κ2) is 6.48. The first-order valence-corrected chi connectivity index (χ1v) is 6.37. The number of nitro groups is 1. The van der Waals surface area contributed by atoms with Gasteiger partial charge in [-0.25, -0.2) is 4.39 Å². The fraction of sp³-hybridized carbons (Fsp3) is 0.300. The Morgan fingerprint density at radius 1 is 1.53 bits per heavy atom. The van der Waals surface area contributed by atoms with Crippen molar-refractivity contribution in [1.82, 2.24) is 5.32 Å². The number of hydrogen-bond acceptors (Lipinski definition) is 3. The third-order valence-electron chi connectivity index (χ3n) is 2.00. The molecule has 0 fully saturated rings. The van der Waals surface area contributed by atoms with Gasteiger partial charge in [0, 0.05) is 11.0 Å². The van der Waals surface area contributed by atoms with Gasteiger partial charge in [0.05, 0.1) is 11.0 Å². The maximum Gasteiger partial charge on any atom is 0.285 e. The summed E-state index contributed by atoms with van der Waals surface area (Å²) in [5.41, 5.74) is -0.637. The first kappa shape index (κ1) is 13.8. The quantitative estimate of drug-likeness (QED) is 0.291. The lowest BCUT2D eigenvalue weighted by Gasteiger charge is -2.04. The zero-order valence-corrected chi connectivity index (χ0v) is 10.9. The minimum atomic E-state index is -0.768. The minimum absolute atomic E-state index is 0.121. The molecular weight excluding hydrogens is 342 g/mol. The van der Waals surface area contributed by atoms with E-state index in [1.54, 1.807) is 0 Å². The second-order valence-electron chi connectivity index (χ2n) is 3.22. The number of nitro benzene ring substituents is 1. The van der Waals surface area contributed by atoms with Gasteiger partial charge in [-0.05, 0) is 18.6 Å². The Morgan fingerprint density at radius 2 is 2.24 bits per heavy atom. The first-order chi connectivity index (χ1) is 8.06. The average molecular weight is 352 g/mol. The van der Waals surface area contributed by atoms with Crippen molar-refractivity contribution in [3.05, 3.63) is 39.7 Å². The van der Waals surface area contributed by atoms with Crippen LogP contribution in [0.2, 0.25) is 0 Å². The molecule has 0 aliphatic heterocycles. The first-order valence-electron chi connectivity index (χ1n) is 4.84. The summed E-state index contributed by atoms with van der Waals surface area (Å²) < 4.78 is 13.7. The molecule has 0 atom stereocenters. The van der Waals surface area contributed by atoms with E-state index in [0.717, 1.165) is 29.0 Å². The zero-order chi connectivity index (χ0) is 12.8. The molecule has 1 N–H and O–H groups in total. The van der Waals surface area contributed by atoms with Crippen molar-refractivity contribution in [2.75, 3.05) is 11.0 Å². The van der Waals surface area contributed by atoms with Crippen LogP contribution >= 0.6 is 22.6 Å². The van der Waals surface area contributed by atoms with Crippen molar-refractivity contribution in [2.45, 2.75) is 6.42 Å². The molecule has 1 aromatic carbocycles. The molecule has 5 nitrogen and oxygen atoms in total. The Bertz CT molecular complexity index is 440. The topological polar surface area (TPSA) is 72.2 Å². The number of benzene rings is 1. The summed E-state index contributed by atoms with van der Waals surface area (Å²) >= 11 is 2.16. The fourth-order valence-corrected chi connectivity index (χ4v) is 1.59. The van der Waals surface area contributed by atoms with E-state index < -0.39 is 22.3 Å². The number of alkyl halides is 1. The van der Waals surface area contributed by atoms with Crippen LogP contribution in [-0.2, 0) is 0 Å². The van der Waals surface area contributed by atoms with Crippen LogP contribution in [-0.4, -0.2) is 21.8 Å². The summed E-state index contributed by atoms with van der Waals surface area (Å²) in [6, 6.07) is 2.89. The van der Waals surface area contributed by atoms with Gasteiger partial charge >= 0.3 is 0 Å². The Morgan fingerprint density at radius 3 is 2.82 bits per heavy atom. The van der Waals surface area contributed by atoms with E-state index >= 15 is 0 Å². The largest absolute Gasteiger partial charge is 0.352 e. The van der Waals surface area contributed by atoms with Gasteiger partial charge in [-0.2, -0.15) is 0 Å². The van der Waals surface area contributed by atoms with Crippen LogP contribution in [0, 0.1) is 15.9 Å². The van der Waals surface area contributed by atoms with Gasteiger partial charge in [0.2, 0.25) is 0 Å². The zero-order valence-electron chi connectivity index (χ0n) is 8.78. The molecule has 0 aliphatic carbocycles. The predicted molar refractivity (Wildman–Crippen MR) is 68.9 cm³/mol. The van der Waals surface area contributed by atoms with Crippen molar-refractivity contribution in [3.63, 3.8) is 0 Å². The van der Waals surface area contributed by atoms with Crippen molar-refractivity contribution < 1.29 is 14.1 Å². The number of halogens is 2. The lowest BCUT2D eigenvalue weighted by atomic mass is 10.1. The fourth-order valence-electron chi connectivity index (χ4n) is 1.21. The van der Waals surface area contributed by atoms with Crippen molar-refractivity contribution in [2.24, 2.45) is 0 Å². The number of carbonyl (C=O) groups is 1. The van der Waals surface area contributed by atoms with Gasteiger partial charge in [-0.1, -0.05) is 22.6 Å². The van der Waals surface area contributed by atoms with E-state index in [2.05, 4.69) is 27.9 Å². The molecule has 0 saturated heterocycles. The number of nitrogens with zero attached hydrogens (tertiary/aromatic N) is 1. The van der Waals surface area contributed by atoms with Crippen LogP contribution in [0.25, 0.3) is 0 Å². The van der Waals surface area contributed by atoms with Crippen LogP contribution in [0.1, 0.15) is 16.8 Å². The molecule has 7 heteroatoms. The smallest absolute Gasteiger partial charge is 0.285 e. The summed E-state index contributed by atoms with van der Waals surface area (Å²) in [4.78, 5) is 21.5. The maximum atomic E-state index is 12.8. The predicted octanol–water partition coefficient (Wildman–Crippen LogP) is 2.29. The van der Waals surface area contributed by atoms with Gasteiger partial charge in [-0.3, -0.25) is 14.9 Å². The molecule has 0 aliphatic rings. The molecule has 0 radical (unpaired) electrons. The Hall–Kier alpha value is -1.25. The Labute approximate surface area is 111 Å². The van der Waals surface area contributed by atoms with Gasteiger partial charge in [0.15, 0.2) is 0 Å². The highest BCUT2D eigenvalue weighted by atomic mass is 127. The van der Waals surface area contributed by atoms with E-state index in [4.69, 9.17) is 0 Å². The molecule has 17 heavy (non-hydrogen) atoms. The van der Waals surface area contributed by atoms with Crippen molar-refractivity contribution >= 4 is 34.2 Å². The highest BCUT2D eigenvalue weighted by Gasteiger charge is 2.20. The molecule has 92 valence electrons. The van der Waals surface area contributed by atoms with E-state index in [9.17, 15) is 19.3 Å². The lowest BCUT2D eigenvalue weighted by Crippen LogP contribution is -2.25. The van der Waals surface area contributed by atoms with E-state index in [1.165, 1.54) is 0 Å². The van der Waals surface area contributed by atoms with Crippen molar-refractivity contribution in [1.29, 1.82) is 0 Å². The van der Waals surface area contributed by atoms with E-state index in [1.807, 2.05) is 0 Å². The number of hydrogen-bond donors (Lipinski definition) is 1. The molecule has 1 aromatic rings. The molecule has 1 rings (SSSR count). The van der Waals surface area contributed by atoms with Crippen LogP contribution < -0.4 is 5.32 Å². The molecular formula is C10H10FIN2O3. The molecule has 1 amide bonds. The molecule has 0 bridgehead atoms. The molecule has 0 unspecified atom stereocenters. The third kappa shape index (κ3) is 3.91. The number of carbonyl (C=O) groups excluding carboxylic acids is 1. The summed E-state index contributed by atoms with van der Waals surface area (Å²) in [7, 11) is 0. The lowest BCUT2D eigenvalue weighted by molar-refractivity contribution is -0.385. The summed E-state index contributed by atoms with van der Waals surface area (Å²) in [6.07, 6.45) is 0.779. The van der Waals surface area contributed by atoms with Gasteiger partial charge in [0.1, 0.15) is 11.4 Å².